The van der Waals surface area contributed by atoms with Gasteiger partial charge in [-0.25, -0.2) is 0 Å². The number of nitrogens with one attached hydrogen (secondary N) is 1. The average molecular weight is 281 g/mol. The van der Waals surface area contributed by atoms with Crippen LogP contribution in [0.2, 0.25) is 0 Å². The van der Waals surface area contributed by atoms with Crippen molar-refractivity contribution in [3.63, 3.8) is 0 Å². The van der Waals surface area contributed by atoms with Crippen LogP contribution in [0.5, 0.6) is 0 Å². The first kappa shape index (κ1) is 13.0. The zero-order chi connectivity index (χ0) is 13.3. The van der Waals surface area contributed by atoms with E-state index in [2.05, 4.69) is 14.9 Å². The summed E-state index contributed by atoms with van der Waals surface area (Å²) in [6.07, 6.45) is 6.06. The van der Waals surface area contributed by atoms with Gasteiger partial charge in [0.2, 0.25) is 0 Å². The van der Waals surface area contributed by atoms with Gasteiger partial charge in [-0.05, 0) is 37.7 Å². The lowest BCUT2D eigenvalue weighted by Gasteiger charge is -2.53. The summed E-state index contributed by atoms with van der Waals surface area (Å²) in [5.74, 6) is -0.0972. The van der Waals surface area contributed by atoms with E-state index in [1.54, 1.807) is 5.38 Å². The van der Waals surface area contributed by atoms with Crippen LogP contribution in [0.3, 0.4) is 0 Å². The lowest BCUT2D eigenvalue weighted by Crippen LogP contribution is -2.63. The molecule has 3 rings (SSSR count). The Morgan fingerprint density at radius 3 is 3.00 bits per heavy atom. The third-order valence-electron chi connectivity index (χ3n) is 4.59. The van der Waals surface area contributed by atoms with Crippen molar-refractivity contribution in [3.05, 3.63) is 11.1 Å². The second kappa shape index (κ2) is 5.17. The Bertz CT molecular complexity index is 443. The SMILES string of the molecule is CCOC1CC(NC(=O)c2csnn2)C12CCCC2. The molecule has 0 aliphatic heterocycles. The van der Waals surface area contributed by atoms with E-state index >= 15 is 0 Å². The molecule has 0 radical (unpaired) electrons. The number of aromatic nitrogens is 2. The fourth-order valence-electron chi connectivity index (χ4n) is 3.58. The van der Waals surface area contributed by atoms with Gasteiger partial charge in [0.15, 0.2) is 5.69 Å². The Hall–Kier alpha value is -1.01. The second-order valence-electron chi connectivity index (χ2n) is 5.44. The Labute approximate surface area is 116 Å². The fourth-order valence-corrected chi connectivity index (χ4v) is 4.02. The standard InChI is InChI=1S/C13H19N3O2S/c1-2-18-11-7-10(13(11)5-3-4-6-13)14-12(17)9-8-19-16-15-9/h8,10-11H,2-7H2,1H3,(H,14,17). The number of hydrogen-bond donors (Lipinski definition) is 1. The summed E-state index contributed by atoms with van der Waals surface area (Å²) < 4.78 is 9.57. The molecule has 2 saturated carbocycles. The Morgan fingerprint density at radius 2 is 2.37 bits per heavy atom. The van der Waals surface area contributed by atoms with Crippen LogP contribution in [0.4, 0.5) is 0 Å². The summed E-state index contributed by atoms with van der Waals surface area (Å²) in [6.45, 7) is 2.79. The van der Waals surface area contributed by atoms with Gasteiger partial charge in [0.05, 0.1) is 6.10 Å². The molecule has 2 aliphatic carbocycles. The van der Waals surface area contributed by atoms with Gasteiger partial charge in [-0.3, -0.25) is 4.79 Å². The molecule has 2 unspecified atom stereocenters. The van der Waals surface area contributed by atoms with Crippen molar-refractivity contribution in [3.8, 4) is 0 Å². The predicted molar refractivity (Wildman–Crippen MR) is 72.1 cm³/mol. The van der Waals surface area contributed by atoms with Gasteiger partial charge in [-0.2, -0.15) is 0 Å². The summed E-state index contributed by atoms with van der Waals surface area (Å²) >= 11 is 1.21. The van der Waals surface area contributed by atoms with Gasteiger partial charge in [-0.1, -0.05) is 17.3 Å². The molecule has 2 aliphatic rings. The number of hydrogen-bond acceptors (Lipinski definition) is 5. The number of carbonyl (C=O) groups is 1. The van der Waals surface area contributed by atoms with Gasteiger partial charge < -0.3 is 10.1 Å². The van der Waals surface area contributed by atoms with Crippen LogP contribution in [0.25, 0.3) is 0 Å². The van der Waals surface area contributed by atoms with E-state index in [0.29, 0.717) is 11.8 Å². The topological polar surface area (TPSA) is 64.1 Å². The molecular formula is C13H19N3O2S. The molecule has 0 bridgehead atoms. The van der Waals surface area contributed by atoms with Crippen molar-refractivity contribution >= 4 is 17.4 Å². The van der Waals surface area contributed by atoms with Crippen LogP contribution in [0.1, 0.15) is 49.5 Å². The minimum Gasteiger partial charge on any atom is -0.378 e. The second-order valence-corrected chi connectivity index (χ2v) is 6.05. The molecule has 19 heavy (non-hydrogen) atoms. The van der Waals surface area contributed by atoms with E-state index in [-0.39, 0.29) is 17.4 Å². The lowest BCUT2D eigenvalue weighted by molar-refractivity contribution is -0.127. The number of rotatable bonds is 4. The quantitative estimate of drug-likeness (QED) is 0.917. The monoisotopic (exact) mass is 281 g/mol. The van der Waals surface area contributed by atoms with Gasteiger partial charge in [-0.15, -0.1) is 5.10 Å². The van der Waals surface area contributed by atoms with Crippen LogP contribution >= 0.6 is 11.5 Å². The van der Waals surface area contributed by atoms with Crippen LogP contribution < -0.4 is 5.32 Å². The summed E-state index contributed by atoms with van der Waals surface area (Å²) in [5, 5.41) is 8.64. The molecule has 5 nitrogen and oxygen atoms in total. The first-order valence-corrected chi connectivity index (χ1v) is 7.79. The number of nitrogens with zero attached hydrogens (tertiary/aromatic N) is 2. The molecule has 2 fully saturated rings. The Morgan fingerprint density at radius 1 is 1.58 bits per heavy atom. The smallest absolute Gasteiger partial charge is 0.272 e. The van der Waals surface area contributed by atoms with E-state index < -0.39 is 0 Å². The van der Waals surface area contributed by atoms with Crippen molar-refractivity contribution in [1.29, 1.82) is 0 Å². The third-order valence-corrected chi connectivity index (χ3v) is 5.09. The molecule has 1 spiro atoms. The first-order chi connectivity index (χ1) is 9.26. The van der Waals surface area contributed by atoms with Crippen molar-refractivity contribution in [2.24, 2.45) is 5.41 Å². The van der Waals surface area contributed by atoms with Crippen molar-refractivity contribution in [2.45, 2.75) is 51.2 Å². The fraction of sp³-hybridized carbons (Fsp3) is 0.769. The summed E-state index contributed by atoms with van der Waals surface area (Å²) in [7, 11) is 0. The molecule has 1 aromatic rings. The molecule has 1 amide bonds. The molecule has 1 N–H and O–H groups in total. The van der Waals surface area contributed by atoms with Crippen LogP contribution in [-0.4, -0.2) is 34.2 Å². The Kier molecular flexibility index (Phi) is 3.54. The van der Waals surface area contributed by atoms with Gasteiger partial charge >= 0.3 is 0 Å². The van der Waals surface area contributed by atoms with E-state index in [0.717, 1.165) is 25.9 Å². The molecular weight excluding hydrogens is 262 g/mol. The third kappa shape index (κ3) is 2.17. The molecule has 0 saturated heterocycles. The largest absolute Gasteiger partial charge is 0.378 e. The molecule has 0 aromatic carbocycles. The molecule has 6 heteroatoms. The van der Waals surface area contributed by atoms with Gasteiger partial charge in [0.25, 0.3) is 5.91 Å². The Balaban J connectivity index is 1.67. The highest BCUT2D eigenvalue weighted by Gasteiger charge is 2.57. The van der Waals surface area contributed by atoms with E-state index in [4.69, 9.17) is 4.74 Å². The summed E-state index contributed by atoms with van der Waals surface area (Å²) in [6, 6.07) is 0.237. The maximum absolute atomic E-state index is 12.1. The average Bonchev–Trinajstić information content (AvgIpc) is 3.09. The maximum atomic E-state index is 12.1. The zero-order valence-electron chi connectivity index (χ0n) is 11.1. The molecule has 1 aromatic heterocycles. The van der Waals surface area contributed by atoms with Crippen molar-refractivity contribution < 1.29 is 9.53 Å². The normalized spacial score (nSPS) is 28.3. The highest BCUT2D eigenvalue weighted by molar-refractivity contribution is 7.03. The minimum absolute atomic E-state index is 0.0972. The zero-order valence-corrected chi connectivity index (χ0v) is 11.9. The number of amides is 1. The molecule has 2 atom stereocenters. The van der Waals surface area contributed by atoms with E-state index in [1.807, 2.05) is 6.92 Å². The minimum atomic E-state index is -0.0972. The van der Waals surface area contributed by atoms with Gasteiger partial charge in [0, 0.05) is 23.4 Å². The maximum Gasteiger partial charge on any atom is 0.272 e. The van der Waals surface area contributed by atoms with Crippen molar-refractivity contribution in [2.75, 3.05) is 6.61 Å². The number of ether oxygens (including phenoxy) is 1. The highest BCUT2D eigenvalue weighted by atomic mass is 32.1. The summed E-state index contributed by atoms with van der Waals surface area (Å²) in [4.78, 5) is 12.1. The highest BCUT2D eigenvalue weighted by Crippen LogP contribution is 2.54. The van der Waals surface area contributed by atoms with Crippen LogP contribution in [0, 0.1) is 5.41 Å². The predicted octanol–water partition coefficient (Wildman–Crippen LogP) is 2.01. The first-order valence-electron chi connectivity index (χ1n) is 6.96. The molecule has 104 valence electrons. The number of carbonyl (C=O) groups excluding carboxylic acids is 1. The van der Waals surface area contributed by atoms with Crippen LogP contribution in [0.15, 0.2) is 5.38 Å². The lowest BCUT2D eigenvalue weighted by atomic mass is 9.60. The van der Waals surface area contributed by atoms with Crippen LogP contribution in [-0.2, 0) is 4.74 Å². The van der Waals surface area contributed by atoms with Crippen molar-refractivity contribution in [1.82, 2.24) is 14.9 Å². The summed E-state index contributed by atoms with van der Waals surface area (Å²) in [5.41, 5.74) is 0.604. The molecule has 1 heterocycles. The van der Waals surface area contributed by atoms with Gasteiger partial charge in [0.1, 0.15) is 0 Å². The van der Waals surface area contributed by atoms with E-state index in [9.17, 15) is 4.79 Å². The van der Waals surface area contributed by atoms with E-state index in [1.165, 1.54) is 24.4 Å².